The molecular formula is C5H8F4. The first-order chi connectivity index (χ1) is 4.12. The lowest BCUT2D eigenvalue weighted by Gasteiger charge is -2.08. The quantitative estimate of drug-likeness (QED) is 0.531. The Morgan fingerprint density at radius 3 is 2.00 bits per heavy atom. The van der Waals surface area contributed by atoms with Crippen molar-refractivity contribution < 1.29 is 17.6 Å². The summed E-state index contributed by atoms with van der Waals surface area (Å²) in [6, 6.07) is 0. The van der Waals surface area contributed by atoms with Crippen LogP contribution < -0.4 is 0 Å². The van der Waals surface area contributed by atoms with Crippen LogP contribution in [0.4, 0.5) is 17.6 Å². The van der Waals surface area contributed by atoms with Crippen molar-refractivity contribution in [2.24, 2.45) is 0 Å². The van der Waals surface area contributed by atoms with Crippen LogP contribution in [0.3, 0.4) is 0 Å². The predicted molar refractivity (Wildman–Crippen MR) is 26.1 cm³/mol. The van der Waals surface area contributed by atoms with Gasteiger partial charge in [-0.3, -0.25) is 4.39 Å². The molecule has 0 aromatic carbocycles. The number of halogens is 4. The topological polar surface area (TPSA) is 0 Å². The zero-order valence-electron chi connectivity index (χ0n) is 4.84. The maximum Gasteiger partial charge on any atom is 0.276 e. The van der Waals surface area contributed by atoms with Crippen LogP contribution in [0.25, 0.3) is 0 Å². The van der Waals surface area contributed by atoms with Gasteiger partial charge in [-0.1, -0.05) is 0 Å². The van der Waals surface area contributed by atoms with E-state index in [9.17, 15) is 17.6 Å². The highest BCUT2D eigenvalue weighted by molar-refractivity contribution is 4.63. The molecule has 0 spiro atoms. The molecule has 0 fully saturated rings. The average Bonchev–Trinajstić information content (AvgIpc) is 1.84. The molecule has 0 nitrogen and oxygen atoms in total. The second-order valence-electron chi connectivity index (χ2n) is 1.78. The molecule has 0 amide bonds. The highest BCUT2D eigenvalue weighted by Crippen LogP contribution is 2.20. The van der Waals surface area contributed by atoms with Crippen LogP contribution in [0.5, 0.6) is 0 Å². The van der Waals surface area contributed by atoms with Crippen molar-refractivity contribution in [1.82, 2.24) is 0 Å². The zero-order chi connectivity index (χ0) is 7.33. The molecule has 4 heteroatoms. The molecule has 56 valence electrons. The minimum atomic E-state index is -3.31. The Kier molecular flexibility index (Phi) is 3.58. The molecule has 0 aliphatic heterocycles. The average molecular weight is 144 g/mol. The minimum Gasteiger partial charge on any atom is -0.251 e. The van der Waals surface area contributed by atoms with Gasteiger partial charge in [0.2, 0.25) is 0 Å². The molecule has 0 aliphatic carbocycles. The first kappa shape index (κ1) is 8.72. The second kappa shape index (κ2) is 3.69. The van der Waals surface area contributed by atoms with E-state index in [1.807, 2.05) is 0 Å². The molecule has 0 rings (SSSR count). The van der Waals surface area contributed by atoms with E-state index in [2.05, 4.69) is 0 Å². The van der Waals surface area contributed by atoms with Crippen molar-refractivity contribution in [3.63, 3.8) is 0 Å². The molecule has 9 heavy (non-hydrogen) atoms. The van der Waals surface area contributed by atoms with Gasteiger partial charge in [0.25, 0.3) is 5.92 Å². The van der Waals surface area contributed by atoms with E-state index in [0.717, 1.165) is 0 Å². The van der Waals surface area contributed by atoms with E-state index in [0.29, 0.717) is 0 Å². The molecule has 0 bridgehead atoms. The summed E-state index contributed by atoms with van der Waals surface area (Å²) in [4.78, 5) is 0. The first-order valence-corrected chi connectivity index (χ1v) is 2.62. The Hall–Kier alpha value is -0.280. The van der Waals surface area contributed by atoms with E-state index < -0.39 is 25.7 Å². The number of hydrogen-bond acceptors (Lipinski definition) is 0. The molecule has 0 aliphatic rings. The van der Waals surface area contributed by atoms with Gasteiger partial charge in [-0.15, -0.1) is 0 Å². The van der Waals surface area contributed by atoms with Gasteiger partial charge in [-0.2, -0.15) is 0 Å². The summed E-state index contributed by atoms with van der Waals surface area (Å²) in [5.41, 5.74) is 0. The summed E-state index contributed by atoms with van der Waals surface area (Å²) < 4.78 is 46.0. The summed E-state index contributed by atoms with van der Waals surface area (Å²) in [6.07, 6.45) is -0.961. The van der Waals surface area contributed by atoms with Crippen molar-refractivity contribution >= 4 is 0 Å². The maximum absolute atomic E-state index is 11.8. The van der Waals surface area contributed by atoms with Gasteiger partial charge in [0.05, 0.1) is 6.67 Å². The maximum atomic E-state index is 11.8. The van der Waals surface area contributed by atoms with Gasteiger partial charge in [-0.05, 0) is 6.42 Å². The van der Waals surface area contributed by atoms with E-state index in [1.54, 1.807) is 0 Å². The molecule has 0 saturated heterocycles. The summed E-state index contributed by atoms with van der Waals surface area (Å²) in [6.45, 7) is -2.50. The Morgan fingerprint density at radius 1 is 1.11 bits per heavy atom. The monoisotopic (exact) mass is 144 g/mol. The van der Waals surface area contributed by atoms with Gasteiger partial charge < -0.3 is 0 Å². The van der Waals surface area contributed by atoms with Gasteiger partial charge in [0, 0.05) is 6.42 Å². The number of hydrogen-bond donors (Lipinski definition) is 0. The Morgan fingerprint density at radius 2 is 1.67 bits per heavy atom. The number of alkyl halides is 4. The molecular weight excluding hydrogens is 136 g/mol. The van der Waals surface area contributed by atoms with E-state index in [-0.39, 0.29) is 6.42 Å². The largest absolute Gasteiger partial charge is 0.276 e. The fraction of sp³-hybridized carbons (Fsp3) is 1.00. The smallest absolute Gasteiger partial charge is 0.251 e. The summed E-state index contributed by atoms with van der Waals surface area (Å²) in [5, 5.41) is 0. The van der Waals surface area contributed by atoms with Gasteiger partial charge in [-0.25, -0.2) is 13.2 Å². The molecule has 0 N–H and O–H groups in total. The predicted octanol–water partition coefficient (Wildman–Crippen LogP) is 2.34. The SMILES string of the molecule is FCCCC(F)(F)CF. The third-order valence-electron chi connectivity index (χ3n) is 0.872. The third kappa shape index (κ3) is 4.24. The summed E-state index contributed by atoms with van der Waals surface area (Å²) in [5.74, 6) is -3.31. The standard InChI is InChI=1S/C5H8F4/c6-3-1-2-5(8,9)4-7/h1-4H2. The van der Waals surface area contributed by atoms with Crippen molar-refractivity contribution in [3.05, 3.63) is 0 Å². The minimum absolute atomic E-state index is 0.267. The molecule has 0 radical (unpaired) electrons. The van der Waals surface area contributed by atoms with Crippen molar-refractivity contribution in [2.75, 3.05) is 13.3 Å². The summed E-state index contributed by atoms with van der Waals surface area (Å²) >= 11 is 0. The normalized spacial score (nSPS) is 12.0. The van der Waals surface area contributed by atoms with Crippen LogP contribution in [-0.2, 0) is 0 Å². The van der Waals surface area contributed by atoms with Gasteiger partial charge in [0.1, 0.15) is 0 Å². The van der Waals surface area contributed by atoms with Crippen molar-refractivity contribution in [3.8, 4) is 0 Å². The van der Waals surface area contributed by atoms with Crippen LogP contribution in [0.1, 0.15) is 12.8 Å². The third-order valence-corrected chi connectivity index (χ3v) is 0.872. The molecule has 0 aromatic heterocycles. The Bertz CT molecular complexity index is 71.4. The van der Waals surface area contributed by atoms with Crippen LogP contribution in [-0.4, -0.2) is 19.3 Å². The zero-order valence-corrected chi connectivity index (χ0v) is 4.84. The van der Waals surface area contributed by atoms with E-state index in [4.69, 9.17) is 0 Å². The second-order valence-corrected chi connectivity index (χ2v) is 1.78. The van der Waals surface area contributed by atoms with Crippen molar-refractivity contribution in [2.45, 2.75) is 18.8 Å². The molecule has 0 aromatic rings. The van der Waals surface area contributed by atoms with Gasteiger partial charge >= 0.3 is 0 Å². The highest BCUT2D eigenvalue weighted by atomic mass is 19.3. The van der Waals surface area contributed by atoms with Crippen LogP contribution in [0.15, 0.2) is 0 Å². The summed E-state index contributed by atoms with van der Waals surface area (Å²) in [7, 11) is 0. The molecule has 0 unspecified atom stereocenters. The first-order valence-electron chi connectivity index (χ1n) is 2.62. The van der Waals surface area contributed by atoms with E-state index in [1.165, 1.54) is 0 Å². The van der Waals surface area contributed by atoms with Crippen molar-refractivity contribution in [1.29, 1.82) is 0 Å². The lowest BCUT2D eigenvalue weighted by atomic mass is 10.2. The van der Waals surface area contributed by atoms with E-state index >= 15 is 0 Å². The highest BCUT2D eigenvalue weighted by Gasteiger charge is 2.27. The van der Waals surface area contributed by atoms with Crippen LogP contribution in [0, 0.1) is 0 Å². The lowest BCUT2D eigenvalue weighted by Crippen LogP contribution is -2.18. The fourth-order valence-electron chi connectivity index (χ4n) is 0.392. The van der Waals surface area contributed by atoms with Crippen LogP contribution >= 0.6 is 0 Å². The Balaban J connectivity index is 3.33. The van der Waals surface area contributed by atoms with Gasteiger partial charge in [0.15, 0.2) is 6.67 Å². The molecule has 0 heterocycles. The molecule has 0 atom stereocenters. The molecule has 0 saturated carbocycles. The fourth-order valence-corrected chi connectivity index (χ4v) is 0.392. The number of rotatable bonds is 4. The van der Waals surface area contributed by atoms with Crippen LogP contribution in [0.2, 0.25) is 0 Å². The Labute approximate surface area is 50.9 Å². The lowest BCUT2D eigenvalue weighted by molar-refractivity contribution is -0.0326.